The van der Waals surface area contributed by atoms with Crippen molar-refractivity contribution in [1.82, 2.24) is 5.32 Å². The lowest BCUT2D eigenvalue weighted by molar-refractivity contribution is 0.0727. The van der Waals surface area contributed by atoms with Gasteiger partial charge in [-0.1, -0.05) is 13.3 Å². The van der Waals surface area contributed by atoms with Crippen molar-refractivity contribution in [2.45, 2.75) is 25.9 Å². The molecule has 0 bridgehead atoms. The van der Waals surface area contributed by atoms with Crippen molar-refractivity contribution < 1.29 is 23.8 Å². The lowest BCUT2D eigenvalue weighted by Crippen LogP contribution is -2.29. The number of alkyl carbamates (subject to hydrolysis) is 1. The highest BCUT2D eigenvalue weighted by Crippen LogP contribution is 2.05. The van der Waals surface area contributed by atoms with Crippen LogP contribution in [0.15, 0.2) is 0 Å². The van der Waals surface area contributed by atoms with Crippen LogP contribution in [0, 0.1) is 0 Å². The number of hydrogen-bond acceptors (Lipinski definition) is 5. The Kier molecular flexibility index (Phi) is 4.73. The summed E-state index contributed by atoms with van der Waals surface area (Å²) in [6.07, 6.45) is 0.237. The molecule has 1 atom stereocenters. The Morgan fingerprint density at radius 1 is 1.67 bits per heavy atom. The molecule has 86 valence electrons. The minimum absolute atomic E-state index is 0.0314. The lowest BCUT2D eigenvalue weighted by atomic mass is 10.3. The van der Waals surface area contributed by atoms with Crippen molar-refractivity contribution >= 4 is 12.2 Å². The van der Waals surface area contributed by atoms with Crippen molar-refractivity contribution in [3.05, 3.63) is 0 Å². The van der Waals surface area contributed by atoms with Crippen molar-refractivity contribution in [2.24, 2.45) is 0 Å². The Balaban J connectivity index is 2.03. The molecule has 1 heterocycles. The van der Waals surface area contributed by atoms with Gasteiger partial charge in [0.25, 0.3) is 0 Å². The zero-order chi connectivity index (χ0) is 11.1. The summed E-state index contributed by atoms with van der Waals surface area (Å²) in [7, 11) is 0. The van der Waals surface area contributed by atoms with E-state index in [0.29, 0.717) is 6.54 Å². The molecule has 0 aromatic rings. The van der Waals surface area contributed by atoms with Crippen LogP contribution in [0.4, 0.5) is 9.59 Å². The van der Waals surface area contributed by atoms with E-state index >= 15 is 0 Å². The summed E-state index contributed by atoms with van der Waals surface area (Å²) in [6.45, 7) is 2.80. The molecule has 1 aliphatic heterocycles. The topological polar surface area (TPSA) is 73.9 Å². The second-order valence-corrected chi connectivity index (χ2v) is 3.18. The normalized spacial score (nSPS) is 19.3. The number of carbonyl (C=O) groups excluding carboxylic acids is 2. The summed E-state index contributed by atoms with van der Waals surface area (Å²) in [4.78, 5) is 21.5. The van der Waals surface area contributed by atoms with Crippen LogP contribution in [0.25, 0.3) is 0 Å². The van der Waals surface area contributed by atoms with Crippen LogP contribution < -0.4 is 5.32 Å². The van der Waals surface area contributed by atoms with Gasteiger partial charge >= 0.3 is 12.2 Å². The number of hydrogen-bond donors (Lipinski definition) is 1. The highest BCUT2D eigenvalue weighted by Gasteiger charge is 2.26. The van der Waals surface area contributed by atoms with Gasteiger partial charge in [0, 0.05) is 6.54 Å². The third-order valence-corrected chi connectivity index (χ3v) is 1.85. The largest absolute Gasteiger partial charge is 0.508 e. The van der Waals surface area contributed by atoms with E-state index in [2.05, 4.69) is 14.8 Å². The van der Waals surface area contributed by atoms with Crippen LogP contribution >= 0.6 is 0 Å². The average Bonchev–Trinajstić information content (AvgIpc) is 2.62. The second-order valence-electron chi connectivity index (χ2n) is 3.18. The van der Waals surface area contributed by atoms with Gasteiger partial charge in [0.2, 0.25) is 0 Å². The van der Waals surface area contributed by atoms with Crippen molar-refractivity contribution in [1.29, 1.82) is 0 Å². The number of unbranched alkanes of at least 4 members (excludes halogenated alkanes) is 1. The van der Waals surface area contributed by atoms with Gasteiger partial charge in [0.15, 0.2) is 6.10 Å². The SMILES string of the molecule is CCCCNC(=O)OCC1COC(=O)O1. The molecule has 1 rings (SSSR count). The molecule has 0 aromatic carbocycles. The Morgan fingerprint density at radius 3 is 3.07 bits per heavy atom. The second kappa shape index (κ2) is 6.10. The number of rotatable bonds is 5. The molecular weight excluding hydrogens is 202 g/mol. The minimum Gasteiger partial charge on any atom is -0.445 e. The molecule has 0 saturated carbocycles. The maximum atomic E-state index is 11.0. The molecule has 6 heteroatoms. The Bertz CT molecular complexity index is 231. The first-order valence-corrected chi connectivity index (χ1v) is 4.96. The highest BCUT2D eigenvalue weighted by atomic mass is 16.8. The summed E-state index contributed by atoms with van der Waals surface area (Å²) in [6, 6.07) is 0. The van der Waals surface area contributed by atoms with Gasteiger partial charge in [-0.3, -0.25) is 0 Å². The van der Waals surface area contributed by atoms with Crippen LogP contribution in [-0.2, 0) is 14.2 Å². The van der Waals surface area contributed by atoms with Gasteiger partial charge in [0.1, 0.15) is 13.2 Å². The summed E-state index contributed by atoms with van der Waals surface area (Å²) in [5, 5.41) is 2.58. The zero-order valence-electron chi connectivity index (χ0n) is 8.65. The first-order chi connectivity index (χ1) is 7.22. The molecule has 0 spiro atoms. The fraction of sp³-hybridized carbons (Fsp3) is 0.778. The highest BCUT2D eigenvalue weighted by molar-refractivity contribution is 5.67. The number of amides is 1. The molecule has 0 radical (unpaired) electrons. The molecule has 1 fully saturated rings. The minimum atomic E-state index is -0.713. The fourth-order valence-electron chi connectivity index (χ4n) is 1.03. The Labute approximate surface area is 87.9 Å². The van der Waals surface area contributed by atoms with E-state index in [4.69, 9.17) is 4.74 Å². The Hall–Kier alpha value is -1.46. The van der Waals surface area contributed by atoms with Gasteiger partial charge in [-0.25, -0.2) is 9.59 Å². The number of carbonyl (C=O) groups is 2. The van der Waals surface area contributed by atoms with Gasteiger partial charge in [-0.05, 0) is 6.42 Å². The molecule has 15 heavy (non-hydrogen) atoms. The molecule has 0 aromatic heterocycles. The van der Waals surface area contributed by atoms with Crippen LogP contribution in [0.5, 0.6) is 0 Å². The molecule has 1 saturated heterocycles. The maximum absolute atomic E-state index is 11.0. The first-order valence-electron chi connectivity index (χ1n) is 4.96. The van der Waals surface area contributed by atoms with Crippen molar-refractivity contribution in [3.63, 3.8) is 0 Å². The van der Waals surface area contributed by atoms with Crippen LogP contribution in [-0.4, -0.2) is 38.1 Å². The molecule has 1 unspecified atom stereocenters. The third kappa shape index (κ3) is 4.53. The third-order valence-electron chi connectivity index (χ3n) is 1.85. The predicted molar refractivity (Wildman–Crippen MR) is 50.5 cm³/mol. The van der Waals surface area contributed by atoms with Crippen LogP contribution in [0.3, 0.4) is 0 Å². The van der Waals surface area contributed by atoms with Crippen molar-refractivity contribution in [2.75, 3.05) is 19.8 Å². The number of nitrogens with one attached hydrogen (secondary N) is 1. The van der Waals surface area contributed by atoms with Gasteiger partial charge < -0.3 is 19.5 Å². The molecular formula is C9H15NO5. The van der Waals surface area contributed by atoms with E-state index < -0.39 is 18.4 Å². The van der Waals surface area contributed by atoms with Gasteiger partial charge in [-0.2, -0.15) is 0 Å². The van der Waals surface area contributed by atoms with Gasteiger partial charge in [-0.15, -0.1) is 0 Å². The zero-order valence-corrected chi connectivity index (χ0v) is 8.65. The van der Waals surface area contributed by atoms with Gasteiger partial charge in [0.05, 0.1) is 0 Å². The first kappa shape index (κ1) is 11.6. The quantitative estimate of drug-likeness (QED) is 0.550. The van der Waals surface area contributed by atoms with E-state index in [1.165, 1.54) is 0 Å². The van der Waals surface area contributed by atoms with E-state index in [-0.39, 0.29) is 13.2 Å². The fourth-order valence-corrected chi connectivity index (χ4v) is 1.03. The molecule has 0 aliphatic carbocycles. The predicted octanol–water partition coefficient (Wildman–Crippen LogP) is 1.05. The lowest BCUT2D eigenvalue weighted by Gasteiger charge is -2.08. The molecule has 1 amide bonds. The number of ether oxygens (including phenoxy) is 3. The van der Waals surface area contributed by atoms with E-state index in [0.717, 1.165) is 12.8 Å². The Morgan fingerprint density at radius 2 is 2.47 bits per heavy atom. The molecule has 1 N–H and O–H groups in total. The summed E-state index contributed by atoms with van der Waals surface area (Å²) in [5.74, 6) is 0. The van der Waals surface area contributed by atoms with E-state index in [9.17, 15) is 9.59 Å². The standard InChI is InChI=1S/C9H15NO5/c1-2-3-4-10-8(11)13-5-7-6-14-9(12)15-7/h7H,2-6H2,1H3,(H,10,11). The smallest absolute Gasteiger partial charge is 0.445 e. The maximum Gasteiger partial charge on any atom is 0.508 e. The van der Waals surface area contributed by atoms with E-state index in [1.807, 2.05) is 6.92 Å². The van der Waals surface area contributed by atoms with Crippen molar-refractivity contribution in [3.8, 4) is 0 Å². The van der Waals surface area contributed by atoms with E-state index in [1.54, 1.807) is 0 Å². The monoisotopic (exact) mass is 217 g/mol. The summed E-state index contributed by atoms with van der Waals surface area (Å²) in [5.41, 5.74) is 0. The summed E-state index contributed by atoms with van der Waals surface area (Å²) >= 11 is 0. The van der Waals surface area contributed by atoms with Crippen LogP contribution in [0.2, 0.25) is 0 Å². The number of cyclic esters (lactones) is 2. The molecule has 6 nitrogen and oxygen atoms in total. The van der Waals surface area contributed by atoms with Crippen LogP contribution in [0.1, 0.15) is 19.8 Å². The molecule has 1 aliphatic rings. The summed E-state index contributed by atoms with van der Waals surface area (Å²) < 4.78 is 14.0. The average molecular weight is 217 g/mol.